The number of nitrogens with zero attached hydrogens (tertiary/aromatic N) is 1. The minimum Gasteiger partial charge on any atom is -0.393 e. The quantitative estimate of drug-likeness (QED) is 0.185. The molecule has 6 nitrogen and oxygen atoms in total. The number of hydrogen-bond donors (Lipinski definition) is 3. The summed E-state index contributed by atoms with van der Waals surface area (Å²) in [5.74, 6) is -0.803. The van der Waals surface area contributed by atoms with Gasteiger partial charge in [0.15, 0.2) is 17.4 Å². The van der Waals surface area contributed by atoms with Crippen molar-refractivity contribution in [3.05, 3.63) is 95.1 Å². The molecular formula is C48H60F2N2O4. The predicted octanol–water partition coefficient (Wildman–Crippen LogP) is 9.58. The molecule has 2 aromatic rings. The fourth-order valence-corrected chi connectivity index (χ4v) is 14.5. The summed E-state index contributed by atoms with van der Waals surface area (Å²) in [5.41, 5.74) is -1.41. The van der Waals surface area contributed by atoms with Crippen molar-refractivity contribution in [3.8, 4) is 0 Å². The average Bonchev–Trinajstić information content (AvgIpc) is 3.45. The second-order valence-corrected chi connectivity index (χ2v) is 20.4. The minimum atomic E-state index is -1.23. The Balaban J connectivity index is 1.09. The van der Waals surface area contributed by atoms with Gasteiger partial charge < -0.3 is 20.4 Å². The number of aliphatic hydroxyl groups is 2. The molecule has 2 spiro atoms. The van der Waals surface area contributed by atoms with E-state index in [-0.39, 0.29) is 52.6 Å². The molecule has 4 bridgehead atoms. The molecule has 6 fully saturated rings. The molecule has 11 rings (SSSR count). The molecule has 0 radical (unpaired) electrons. The Morgan fingerprint density at radius 3 is 2.32 bits per heavy atom. The Morgan fingerprint density at radius 2 is 1.61 bits per heavy atom. The van der Waals surface area contributed by atoms with Gasteiger partial charge in [0, 0.05) is 33.9 Å². The van der Waals surface area contributed by atoms with Crippen LogP contribution in [0.4, 0.5) is 13.6 Å². The number of ketones is 1. The highest BCUT2D eigenvalue weighted by Gasteiger charge is 2.74. The van der Waals surface area contributed by atoms with E-state index in [1.54, 1.807) is 0 Å². The molecule has 0 aromatic heterocycles. The molecule has 2 amide bonds. The van der Waals surface area contributed by atoms with Gasteiger partial charge in [-0.1, -0.05) is 76.3 Å². The monoisotopic (exact) mass is 766 g/mol. The van der Waals surface area contributed by atoms with Crippen molar-refractivity contribution < 1.29 is 28.6 Å². The molecule has 0 aliphatic heterocycles. The first-order valence-corrected chi connectivity index (χ1v) is 21.4. The highest BCUT2D eigenvalue weighted by molar-refractivity contribution is 6.10. The first kappa shape index (κ1) is 38.2. The fraction of sp³-hybridized carbons (Fsp3) is 0.625. The van der Waals surface area contributed by atoms with E-state index in [0.717, 1.165) is 49.3 Å². The zero-order chi connectivity index (χ0) is 39.6. The lowest BCUT2D eigenvalue weighted by Crippen LogP contribution is -2.67. The summed E-state index contributed by atoms with van der Waals surface area (Å²) in [6, 6.07) is 13.0. The summed E-state index contributed by atoms with van der Waals surface area (Å²) in [7, 11) is 0. The molecule has 1 unspecified atom stereocenters. The van der Waals surface area contributed by atoms with Gasteiger partial charge >= 0.3 is 6.03 Å². The summed E-state index contributed by atoms with van der Waals surface area (Å²) in [5, 5.41) is 27.6. The number of Topliss-reactive ketones (excluding diaryl/α,β-unsaturated/α-hetero) is 1. The number of carbonyl (C=O) groups excluding carboxylic acids is 2. The van der Waals surface area contributed by atoms with Gasteiger partial charge in [0.25, 0.3) is 0 Å². The predicted molar refractivity (Wildman–Crippen MR) is 212 cm³/mol. The molecular weight excluding hydrogens is 707 g/mol. The molecule has 9 aliphatic rings. The normalized spacial score (nSPS) is 41.7. The van der Waals surface area contributed by atoms with Crippen LogP contribution in [0, 0.1) is 68.3 Å². The molecule has 12 atom stereocenters. The van der Waals surface area contributed by atoms with Gasteiger partial charge in [-0.2, -0.15) is 0 Å². The number of allylic oxidation sites excluding steroid dienone is 4. The van der Waals surface area contributed by atoms with Crippen LogP contribution in [0.1, 0.15) is 121 Å². The summed E-state index contributed by atoms with van der Waals surface area (Å²) >= 11 is 0. The van der Waals surface area contributed by atoms with E-state index in [1.165, 1.54) is 18.9 Å². The van der Waals surface area contributed by atoms with E-state index in [4.69, 9.17) is 0 Å². The lowest BCUT2D eigenvalue weighted by atomic mass is 9.32. The van der Waals surface area contributed by atoms with E-state index in [1.807, 2.05) is 42.2 Å². The molecule has 8 heteroatoms. The van der Waals surface area contributed by atoms with Crippen LogP contribution in [0.5, 0.6) is 0 Å². The topological polar surface area (TPSA) is 89.9 Å². The SMILES string of the molecule is C[C@@H](NC(=O)N(C[C@@H]1CC[C@H]2C[C@@H]1C2(C)C)C[C@]1(O)CC[C@H]2[C@]34C=C[C@@]5(C=C3C(=O)c3ccc(F)c(F)c3)CC(O)CC[C@]5(C)[C@H]4CC[C@@]21C)c1ccccc1. The standard InChI is InChI=1S/C48H60F2N2O4/c1-29(30-9-7-6-8-10-30)51-42(55)52(27-32-11-13-33-24-35(32)43(33,2)3)28-47(56)20-17-40-45(47,5)19-16-39-44(4)18-15-34(53)25-46(44)21-22-48(39,40)36(26-46)41(54)31-12-14-37(49)38(50)23-31/h6-10,12,14,21-23,26,29,32-35,39-40,53,56H,11,13,15-20,24-25,27-28H2,1-5H3,(H,51,55)/t29-,32+,33+,34?,35+,39-,40-,44-,45+,46+,47-,48-/m1/s1. The summed E-state index contributed by atoms with van der Waals surface area (Å²) < 4.78 is 28.9. The molecule has 6 saturated carbocycles. The molecule has 0 heterocycles. The lowest BCUT2D eigenvalue weighted by molar-refractivity contribution is -0.176. The number of nitrogens with one attached hydrogen (secondary N) is 1. The molecule has 9 aliphatic carbocycles. The summed E-state index contributed by atoms with van der Waals surface area (Å²) in [6.45, 7) is 12.1. The Morgan fingerprint density at radius 1 is 0.893 bits per heavy atom. The smallest absolute Gasteiger partial charge is 0.317 e. The second kappa shape index (κ2) is 12.8. The van der Waals surface area contributed by atoms with E-state index in [2.05, 4.69) is 51.2 Å². The van der Waals surface area contributed by atoms with Gasteiger partial charge in [-0.3, -0.25) is 4.79 Å². The zero-order valence-electron chi connectivity index (χ0n) is 33.8. The van der Waals surface area contributed by atoms with Crippen molar-refractivity contribution in [3.63, 3.8) is 0 Å². The first-order chi connectivity index (χ1) is 26.5. The lowest BCUT2D eigenvalue weighted by Gasteiger charge is -2.71. The van der Waals surface area contributed by atoms with Crippen LogP contribution in [-0.4, -0.2) is 51.7 Å². The second-order valence-electron chi connectivity index (χ2n) is 20.4. The third-order valence-electron chi connectivity index (χ3n) is 18.0. The maximum Gasteiger partial charge on any atom is 0.317 e. The number of halogens is 2. The van der Waals surface area contributed by atoms with Crippen LogP contribution >= 0.6 is 0 Å². The first-order valence-electron chi connectivity index (χ1n) is 21.4. The number of aliphatic hydroxyl groups excluding tert-OH is 1. The summed E-state index contributed by atoms with van der Waals surface area (Å²) in [6.07, 6.45) is 14.2. The van der Waals surface area contributed by atoms with Crippen LogP contribution in [0.15, 0.2) is 72.3 Å². The minimum absolute atomic E-state index is 0.0596. The van der Waals surface area contributed by atoms with E-state index < -0.39 is 39.6 Å². The number of urea groups is 1. The summed E-state index contributed by atoms with van der Waals surface area (Å²) in [4.78, 5) is 31.3. The number of hydrogen-bond acceptors (Lipinski definition) is 4. The van der Waals surface area contributed by atoms with Crippen LogP contribution in [-0.2, 0) is 0 Å². The van der Waals surface area contributed by atoms with Gasteiger partial charge in [0.1, 0.15) is 0 Å². The highest BCUT2D eigenvalue weighted by Crippen LogP contribution is 2.78. The Bertz CT molecular complexity index is 2000. The van der Waals surface area contributed by atoms with Gasteiger partial charge in [0.2, 0.25) is 0 Å². The number of fused-ring (bicyclic) bond motifs is 3. The number of carbonyl (C=O) groups is 2. The maximum atomic E-state index is 14.8. The Hall–Kier alpha value is -3.36. The molecule has 56 heavy (non-hydrogen) atoms. The van der Waals surface area contributed by atoms with Gasteiger partial charge in [-0.15, -0.1) is 0 Å². The number of amides is 2. The number of rotatable bonds is 8. The van der Waals surface area contributed by atoms with Crippen LogP contribution < -0.4 is 5.32 Å². The van der Waals surface area contributed by atoms with Crippen molar-refractivity contribution in [2.45, 2.75) is 117 Å². The third kappa shape index (κ3) is 5.22. The van der Waals surface area contributed by atoms with Crippen molar-refractivity contribution in [1.82, 2.24) is 10.2 Å². The van der Waals surface area contributed by atoms with Gasteiger partial charge in [-0.25, -0.2) is 13.6 Å². The van der Waals surface area contributed by atoms with Crippen molar-refractivity contribution >= 4 is 11.8 Å². The van der Waals surface area contributed by atoms with E-state index in [9.17, 15) is 28.6 Å². The van der Waals surface area contributed by atoms with Crippen LogP contribution in [0.3, 0.4) is 0 Å². The van der Waals surface area contributed by atoms with E-state index >= 15 is 0 Å². The largest absolute Gasteiger partial charge is 0.393 e. The van der Waals surface area contributed by atoms with E-state index in [0.29, 0.717) is 49.6 Å². The highest BCUT2D eigenvalue weighted by atomic mass is 19.2. The van der Waals surface area contributed by atoms with Crippen LogP contribution in [0.2, 0.25) is 0 Å². The Kier molecular flexibility index (Phi) is 8.74. The fourth-order valence-electron chi connectivity index (χ4n) is 14.5. The van der Waals surface area contributed by atoms with Gasteiger partial charge in [-0.05, 0) is 135 Å². The van der Waals surface area contributed by atoms with Crippen molar-refractivity contribution in [2.75, 3.05) is 13.1 Å². The molecule has 2 aromatic carbocycles. The average molecular weight is 767 g/mol. The van der Waals surface area contributed by atoms with Crippen molar-refractivity contribution in [1.29, 1.82) is 0 Å². The van der Waals surface area contributed by atoms with Crippen LogP contribution in [0.25, 0.3) is 0 Å². The van der Waals surface area contributed by atoms with Crippen molar-refractivity contribution in [2.24, 2.45) is 56.7 Å². The molecule has 3 N–H and O–H groups in total. The third-order valence-corrected chi connectivity index (χ3v) is 18.0. The molecule has 300 valence electrons. The van der Waals surface area contributed by atoms with Gasteiger partial charge in [0.05, 0.1) is 24.3 Å². The number of benzene rings is 2. The molecule has 0 saturated heterocycles. The zero-order valence-corrected chi connectivity index (χ0v) is 33.8. The maximum absolute atomic E-state index is 14.8. The Labute approximate surface area is 331 Å².